The fourth-order valence-corrected chi connectivity index (χ4v) is 2.41. The second-order valence-corrected chi connectivity index (χ2v) is 6.02. The zero-order valence-corrected chi connectivity index (χ0v) is 14.0. The van der Waals surface area contributed by atoms with Gasteiger partial charge in [0.2, 0.25) is 0 Å². The molecule has 0 saturated heterocycles. The third-order valence-electron chi connectivity index (χ3n) is 3.19. The molecule has 0 spiro atoms. The van der Waals surface area contributed by atoms with Crippen LogP contribution in [0.2, 0.25) is 0 Å². The van der Waals surface area contributed by atoms with Crippen molar-refractivity contribution in [1.29, 1.82) is 0 Å². The standard InChI is InChI=1S/C18H27NO2/c1-8-15-9-10-16(11-17(15)21-14(6)7)18(20)19(12(2)3)13(4)5/h8-14H,1H2,2-7H3. The van der Waals surface area contributed by atoms with Crippen LogP contribution in [-0.2, 0) is 0 Å². The summed E-state index contributed by atoms with van der Waals surface area (Å²) in [5, 5.41) is 0. The molecule has 0 heterocycles. The average Bonchev–Trinajstić information content (AvgIpc) is 2.36. The second-order valence-electron chi connectivity index (χ2n) is 6.02. The van der Waals surface area contributed by atoms with E-state index < -0.39 is 0 Å². The Bertz CT molecular complexity index is 496. The fourth-order valence-electron chi connectivity index (χ4n) is 2.41. The lowest BCUT2D eigenvalue weighted by molar-refractivity contribution is 0.0643. The molecule has 0 aliphatic rings. The highest BCUT2D eigenvalue weighted by Crippen LogP contribution is 2.24. The molecular weight excluding hydrogens is 262 g/mol. The van der Waals surface area contributed by atoms with Crippen LogP contribution in [-0.4, -0.2) is 29.0 Å². The van der Waals surface area contributed by atoms with E-state index in [-0.39, 0.29) is 24.1 Å². The second kappa shape index (κ2) is 7.30. The Kier molecular flexibility index (Phi) is 6.01. The monoisotopic (exact) mass is 289 g/mol. The van der Waals surface area contributed by atoms with Crippen LogP contribution in [0.1, 0.15) is 57.5 Å². The van der Waals surface area contributed by atoms with Gasteiger partial charge in [-0.3, -0.25) is 4.79 Å². The van der Waals surface area contributed by atoms with Gasteiger partial charge in [-0.05, 0) is 53.7 Å². The summed E-state index contributed by atoms with van der Waals surface area (Å²) in [6.45, 7) is 15.8. The molecule has 0 saturated carbocycles. The van der Waals surface area contributed by atoms with Crippen molar-refractivity contribution in [2.45, 2.75) is 59.7 Å². The molecule has 1 amide bonds. The quantitative estimate of drug-likeness (QED) is 0.778. The summed E-state index contributed by atoms with van der Waals surface area (Å²) >= 11 is 0. The summed E-state index contributed by atoms with van der Waals surface area (Å²) in [6, 6.07) is 5.86. The number of rotatable bonds is 6. The van der Waals surface area contributed by atoms with Crippen molar-refractivity contribution in [3.8, 4) is 5.75 Å². The minimum atomic E-state index is 0.0317. The number of benzene rings is 1. The van der Waals surface area contributed by atoms with Crippen LogP contribution >= 0.6 is 0 Å². The van der Waals surface area contributed by atoms with E-state index in [2.05, 4.69) is 6.58 Å². The van der Waals surface area contributed by atoms with Gasteiger partial charge in [-0.25, -0.2) is 0 Å². The molecule has 0 fully saturated rings. The molecule has 0 aromatic heterocycles. The third-order valence-corrected chi connectivity index (χ3v) is 3.19. The molecule has 0 bridgehead atoms. The molecule has 21 heavy (non-hydrogen) atoms. The third kappa shape index (κ3) is 4.35. The Morgan fingerprint density at radius 3 is 2.14 bits per heavy atom. The number of ether oxygens (including phenoxy) is 1. The molecule has 0 aliphatic carbocycles. The predicted molar refractivity (Wildman–Crippen MR) is 88.7 cm³/mol. The van der Waals surface area contributed by atoms with E-state index in [1.54, 1.807) is 6.08 Å². The lowest BCUT2D eigenvalue weighted by atomic mass is 10.1. The van der Waals surface area contributed by atoms with Gasteiger partial charge in [0.1, 0.15) is 5.75 Å². The van der Waals surface area contributed by atoms with Crippen molar-refractivity contribution in [1.82, 2.24) is 4.90 Å². The number of hydrogen-bond acceptors (Lipinski definition) is 2. The highest BCUT2D eigenvalue weighted by atomic mass is 16.5. The lowest BCUT2D eigenvalue weighted by Gasteiger charge is -2.31. The number of amides is 1. The van der Waals surface area contributed by atoms with Gasteiger partial charge >= 0.3 is 0 Å². The number of carbonyl (C=O) groups is 1. The fraction of sp³-hybridized carbons (Fsp3) is 0.500. The molecule has 1 rings (SSSR count). The Morgan fingerprint density at radius 2 is 1.71 bits per heavy atom. The SMILES string of the molecule is C=Cc1ccc(C(=O)N(C(C)C)C(C)C)cc1OC(C)C. The Balaban J connectivity index is 3.18. The highest BCUT2D eigenvalue weighted by molar-refractivity contribution is 5.95. The van der Waals surface area contributed by atoms with Crippen LogP contribution in [0.15, 0.2) is 24.8 Å². The minimum Gasteiger partial charge on any atom is -0.490 e. The van der Waals surface area contributed by atoms with Crippen molar-refractivity contribution in [2.24, 2.45) is 0 Å². The first-order valence-corrected chi connectivity index (χ1v) is 7.53. The molecule has 0 unspecified atom stereocenters. The maximum Gasteiger partial charge on any atom is 0.254 e. The van der Waals surface area contributed by atoms with Crippen molar-refractivity contribution < 1.29 is 9.53 Å². The maximum absolute atomic E-state index is 12.7. The number of carbonyl (C=O) groups excluding carboxylic acids is 1. The van der Waals surface area contributed by atoms with Crippen molar-refractivity contribution in [2.75, 3.05) is 0 Å². The summed E-state index contributed by atoms with van der Waals surface area (Å²) in [5.41, 5.74) is 1.56. The molecular formula is C18H27NO2. The zero-order chi connectivity index (χ0) is 16.2. The van der Waals surface area contributed by atoms with Gasteiger partial charge in [-0.2, -0.15) is 0 Å². The largest absolute Gasteiger partial charge is 0.490 e. The Hall–Kier alpha value is -1.77. The topological polar surface area (TPSA) is 29.5 Å². The van der Waals surface area contributed by atoms with E-state index in [4.69, 9.17) is 4.74 Å². The minimum absolute atomic E-state index is 0.0317. The van der Waals surface area contributed by atoms with Crippen LogP contribution < -0.4 is 4.74 Å². The molecule has 0 radical (unpaired) electrons. The molecule has 0 N–H and O–H groups in total. The first-order chi connectivity index (χ1) is 9.77. The van der Waals surface area contributed by atoms with E-state index >= 15 is 0 Å². The lowest BCUT2D eigenvalue weighted by Crippen LogP contribution is -2.42. The summed E-state index contributed by atoms with van der Waals surface area (Å²) < 4.78 is 5.79. The van der Waals surface area contributed by atoms with E-state index in [0.717, 1.165) is 5.56 Å². The smallest absolute Gasteiger partial charge is 0.254 e. The van der Waals surface area contributed by atoms with E-state index in [0.29, 0.717) is 11.3 Å². The molecule has 3 heteroatoms. The molecule has 0 atom stereocenters. The van der Waals surface area contributed by atoms with Crippen molar-refractivity contribution in [3.63, 3.8) is 0 Å². The van der Waals surface area contributed by atoms with Crippen LogP contribution in [0.4, 0.5) is 0 Å². The van der Waals surface area contributed by atoms with Gasteiger partial charge in [0.05, 0.1) is 6.10 Å². The first-order valence-electron chi connectivity index (χ1n) is 7.53. The number of hydrogen-bond donors (Lipinski definition) is 0. The zero-order valence-electron chi connectivity index (χ0n) is 14.0. The van der Waals surface area contributed by atoms with Gasteiger partial charge < -0.3 is 9.64 Å². The van der Waals surface area contributed by atoms with Crippen molar-refractivity contribution >= 4 is 12.0 Å². The summed E-state index contributed by atoms with van der Waals surface area (Å²) in [7, 11) is 0. The van der Waals surface area contributed by atoms with Gasteiger partial charge in [-0.1, -0.05) is 18.7 Å². The Labute approximate surface area is 128 Å². The van der Waals surface area contributed by atoms with Crippen LogP contribution in [0.5, 0.6) is 5.75 Å². The summed E-state index contributed by atoms with van der Waals surface area (Å²) in [5.74, 6) is 0.738. The van der Waals surface area contributed by atoms with Gasteiger partial charge in [0.15, 0.2) is 0 Å². The van der Waals surface area contributed by atoms with Crippen molar-refractivity contribution in [3.05, 3.63) is 35.9 Å². The van der Waals surface area contributed by atoms with Crippen LogP contribution in [0.3, 0.4) is 0 Å². The van der Waals surface area contributed by atoms with Crippen LogP contribution in [0, 0.1) is 0 Å². The molecule has 116 valence electrons. The van der Waals surface area contributed by atoms with E-state index in [1.165, 1.54) is 0 Å². The molecule has 0 aliphatic heterocycles. The predicted octanol–water partition coefficient (Wildman–Crippen LogP) is 4.38. The maximum atomic E-state index is 12.7. The molecule has 3 nitrogen and oxygen atoms in total. The van der Waals surface area contributed by atoms with Gasteiger partial charge in [0.25, 0.3) is 5.91 Å². The normalized spacial score (nSPS) is 11.1. The first kappa shape index (κ1) is 17.3. The molecule has 1 aromatic rings. The van der Waals surface area contributed by atoms with Gasteiger partial charge in [0, 0.05) is 23.2 Å². The average molecular weight is 289 g/mol. The van der Waals surface area contributed by atoms with Crippen LogP contribution in [0.25, 0.3) is 6.08 Å². The molecule has 1 aromatic carbocycles. The van der Waals surface area contributed by atoms with E-state index in [9.17, 15) is 4.79 Å². The summed E-state index contributed by atoms with van der Waals surface area (Å²) in [4.78, 5) is 14.6. The highest BCUT2D eigenvalue weighted by Gasteiger charge is 2.22. The summed E-state index contributed by atoms with van der Waals surface area (Å²) in [6.07, 6.45) is 1.80. The van der Waals surface area contributed by atoms with E-state index in [1.807, 2.05) is 64.6 Å². The van der Waals surface area contributed by atoms with Gasteiger partial charge in [-0.15, -0.1) is 0 Å². The number of nitrogens with zero attached hydrogens (tertiary/aromatic N) is 1. The Morgan fingerprint density at radius 1 is 1.14 bits per heavy atom.